The SMILES string of the molecule is CCC1CN(C)CCCN1C(=O)c1cnc(N)cn1. The Hall–Kier alpha value is -1.69. The Morgan fingerprint density at radius 3 is 2.84 bits per heavy atom. The number of carbonyl (C=O) groups excluding carboxylic acids is 1. The van der Waals surface area contributed by atoms with E-state index in [-0.39, 0.29) is 11.9 Å². The van der Waals surface area contributed by atoms with Gasteiger partial charge in [0.05, 0.1) is 12.4 Å². The van der Waals surface area contributed by atoms with Crippen molar-refractivity contribution >= 4 is 11.7 Å². The van der Waals surface area contributed by atoms with Crippen LogP contribution in [0.15, 0.2) is 12.4 Å². The van der Waals surface area contributed by atoms with Crippen LogP contribution in [0.1, 0.15) is 30.3 Å². The van der Waals surface area contributed by atoms with Crippen LogP contribution in [0.3, 0.4) is 0 Å². The van der Waals surface area contributed by atoms with E-state index >= 15 is 0 Å². The molecule has 0 aromatic carbocycles. The molecular weight excluding hydrogens is 242 g/mol. The first-order valence-corrected chi connectivity index (χ1v) is 6.69. The van der Waals surface area contributed by atoms with Crippen molar-refractivity contribution in [2.45, 2.75) is 25.8 Å². The van der Waals surface area contributed by atoms with Crippen LogP contribution >= 0.6 is 0 Å². The van der Waals surface area contributed by atoms with Gasteiger partial charge in [-0.3, -0.25) is 4.79 Å². The number of aromatic nitrogens is 2. The van der Waals surface area contributed by atoms with Gasteiger partial charge < -0.3 is 15.5 Å². The molecule has 1 unspecified atom stereocenters. The van der Waals surface area contributed by atoms with Crippen molar-refractivity contribution < 1.29 is 4.79 Å². The smallest absolute Gasteiger partial charge is 0.274 e. The van der Waals surface area contributed by atoms with E-state index in [1.165, 1.54) is 12.4 Å². The number of hydrogen-bond donors (Lipinski definition) is 1. The largest absolute Gasteiger partial charge is 0.382 e. The van der Waals surface area contributed by atoms with Crippen molar-refractivity contribution in [3.8, 4) is 0 Å². The summed E-state index contributed by atoms with van der Waals surface area (Å²) in [5, 5.41) is 0. The highest BCUT2D eigenvalue weighted by Gasteiger charge is 2.27. The second kappa shape index (κ2) is 5.97. The lowest BCUT2D eigenvalue weighted by Crippen LogP contribution is -2.43. The van der Waals surface area contributed by atoms with Crippen LogP contribution in [0.25, 0.3) is 0 Å². The summed E-state index contributed by atoms with van der Waals surface area (Å²) < 4.78 is 0. The van der Waals surface area contributed by atoms with Crippen molar-refractivity contribution in [1.29, 1.82) is 0 Å². The van der Waals surface area contributed by atoms with Gasteiger partial charge in [0.15, 0.2) is 0 Å². The molecule has 2 N–H and O–H groups in total. The number of hydrogen-bond acceptors (Lipinski definition) is 5. The standard InChI is InChI=1S/C13H21N5O/c1-3-10-9-17(2)5-4-6-18(10)13(19)11-7-16-12(14)8-15-11/h7-8,10H,3-6,9H2,1-2H3,(H2,14,16). The van der Waals surface area contributed by atoms with Crippen LogP contribution in [0, 0.1) is 0 Å². The molecule has 2 heterocycles. The van der Waals surface area contributed by atoms with E-state index in [4.69, 9.17) is 5.73 Å². The molecule has 104 valence electrons. The zero-order chi connectivity index (χ0) is 13.8. The van der Waals surface area contributed by atoms with E-state index < -0.39 is 0 Å². The fourth-order valence-corrected chi connectivity index (χ4v) is 2.46. The third-order valence-electron chi connectivity index (χ3n) is 3.53. The zero-order valence-electron chi connectivity index (χ0n) is 11.5. The number of rotatable bonds is 2. The van der Waals surface area contributed by atoms with Crippen LogP contribution in [0.2, 0.25) is 0 Å². The Morgan fingerprint density at radius 2 is 2.21 bits per heavy atom. The molecule has 0 bridgehead atoms. The Kier molecular flexibility index (Phi) is 4.31. The first kappa shape index (κ1) is 13.7. The number of nitrogens with zero attached hydrogens (tertiary/aromatic N) is 4. The Labute approximate surface area is 113 Å². The second-order valence-electron chi connectivity index (χ2n) is 5.00. The molecule has 0 radical (unpaired) electrons. The van der Waals surface area contributed by atoms with Crippen molar-refractivity contribution in [2.24, 2.45) is 0 Å². The number of likely N-dealkylation sites (N-methyl/N-ethyl adjacent to an activating group) is 1. The van der Waals surface area contributed by atoms with Gasteiger partial charge in [-0.05, 0) is 26.4 Å². The Bertz CT molecular complexity index is 433. The molecule has 1 aromatic rings. The number of nitrogen functional groups attached to an aromatic ring is 1. The van der Waals surface area contributed by atoms with Crippen LogP contribution in [-0.2, 0) is 0 Å². The predicted molar refractivity (Wildman–Crippen MR) is 73.7 cm³/mol. The maximum atomic E-state index is 12.5. The molecule has 1 atom stereocenters. The number of amides is 1. The summed E-state index contributed by atoms with van der Waals surface area (Å²) in [5.41, 5.74) is 5.87. The summed E-state index contributed by atoms with van der Waals surface area (Å²) in [6, 6.07) is 0.236. The normalized spacial score (nSPS) is 21.2. The second-order valence-corrected chi connectivity index (χ2v) is 5.00. The molecule has 6 nitrogen and oxygen atoms in total. The highest BCUT2D eigenvalue weighted by atomic mass is 16.2. The van der Waals surface area contributed by atoms with Crippen molar-refractivity contribution in [2.75, 3.05) is 32.4 Å². The summed E-state index contributed by atoms with van der Waals surface area (Å²) in [5.74, 6) is 0.286. The lowest BCUT2D eigenvalue weighted by atomic mass is 10.1. The summed E-state index contributed by atoms with van der Waals surface area (Å²) in [7, 11) is 2.10. The van der Waals surface area contributed by atoms with E-state index in [1.54, 1.807) is 0 Å². The summed E-state index contributed by atoms with van der Waals surface area (Å²) >= 11 is 0. The van der Waals surface area contributed by atoms with Crippen LogP contribution in [0.5, 0.6) is 0 Å². The van der Waals surface area contributed by atoms with Gasteiger partial charge in [0, 0.05) is 19.1 Å². The molecule has 1 aliphatic rings. The highest BCUT2D eigenvalue weighted by Crippen LogP contribution is 2.15. The molecular formula is C13H21N5O. The number of carbonyl (C=O) groups is 1. The van der Waals surface area contributed by atoms with Gasteiger partial charge in [-0.2, -0.15) is 0 Å². The molecule has 0 aliphatic carbocycles. The fraction of sp³-hybridized carbons (Fsp3) is 0.615. The van der Waals surface area contributed by atoms with Gasteiger partial charge in [0.2, 0.25) is 0 Å². The van der Waals surface area contributed by atoms with Gasteiger partial charge in [0.25, 0.3) is 5.91 Å². The Balaban J connectivity index is 2.17. The van der Waals surface area contributed by atoms with Gasteiger partial charge in [-0.15, -0.1) is 0 Å². The summed E-state index contributed by atoms with van der Waals surface area (Å²) in [4.78, 5) is 24.7. The lowest BCUT2D eigenvalue weighted by molar-refractivity contribution is 0.0669. The number of nitrogens with two attached hydrogens (primary N) is 1. The highest BCUT2D eigenvalue weighted by molar-refractivity contribution is 5.92. The van der Waals surface area contributed by atoms with Gasteiger partial charge in [-0.1, -0.05) is 6.92 Å². The van der Waals surface area contributed by atoms with E-state index in [2.05, 4.69) is 28.8 Å². The molecule has 1 amide bonds. The van der Waals surface area contributed by atoms with Crippen LogP contribution < -0.4 is 5.73 Å². The van der Waals surface area contributed by atoms with E-state index in [1.807, 2.05) is 4.90 Å². The van der Waals surface area contributed by atoms with E-state index in [0.717, 1.165) is 32.5 Å². The minimum atomic E-state index is -0.0466. The number of anilines is 1. The summed E-state index contributed by atoms with van der Waals surface area (Å²) in [6.07, 6.45) is 4.82. The molecule has 0 saturated carbocycles. The lowest BCUT2D eigenvalue weighted by Gasteiger charge is -2.29. The maximum Gasteiger partial charge on any atom is 0.274 e. The monoisotopic (exact) mass is 263 g/mol. The molecule has 0 spiro atoms. The average Bonchev–Trinajstić information content (AvgIpc) is 2.60. The first-order chi connectivity index (χ1) is 9.11. The molecule has 6 heteroatoms. The van der Waals surface area contributed by atoms with E-state index in [0.29, 0.717) is 11.5 Å². The third kappa shape index (κ3) is 3.20. The summed E-state index contributed by atoms with van der Waals surface area (Å²) in [6.45, 7) is 4.81. The quantitative estimate of drug-likeness (QED) is 0.846. The van der Waals surface area contributed by atoms with Crippen molar-refractivity contribution in [3.05, 3.63) is 18.1 Å². The molecule has 2 rings (SSSR count). The minimum Gasteiger partial charge on any atom is -0.382 e. The third-order valence-corrected chi connectivity index (χ3v) is 3.53. The Morgan fingerprint density at radius 1 is 1.42 bits per heavy atom. The van der Waals surface area contributed by atoms with Crippen LogP contribution in [-0.4, -0.2) is 58.4 Å². The van der Waals surface area contributed by atoms with Crippen LogP contribution in [0.4, 0.5) is 5.82 Å². The topological polar surface area (TPSA) is 75.3 Å². The fourth-order valence-electron chi connectivity index (χ4n) is 2.46. The molecule has 1 fully saturated rings. The molecule has 1 saturated heterocycles. The minimum absolute atomic E-state index is 0.0466. The first-order valence-electron chi connectivity index (χ1n) is 6.69. The molecule has 1 aliphatic heterocycles. The van der Waals surface area contributed by atoms with Gasteiger partial charge in [-0.25, -0.2) is 9.97 Å². The van der Waals surface area contributed by atoms with Gasteiger partial charge in [0.1, 0.15) is 11.5 Å². The van der Waals surface area contributed by atoms with Crippen molar-refractivity contribution in [3.63, 3.8) is 0 Å². The van der Waals surface area contributed by atoms with Crippen molar-refractivity contribution in [1.82, 2.24) is 19.8 Å². The molecule has 19 heavy (non-hydrogen) atoms. The van der Waals surface area contributed by atoms with Gasteiger partial charge >= 0.3 is 0 Å². The van der Waals surface area contributed by atoms with E-state index in [9.17, 15) is 4.79 Å². The average molecular weight is 263 g/mol. The predicted octanol–water partition coefficient (Wildman–Crippen LogP) is 0.615. The molecule has 1 aromatic heterocycles. The zero-order valence-corrected chi connectivity index (χ0v) is 11.5. The maximum absolute atomic E-state index is 12.5.